The number of piperidine rings is 1. The first-order valence-corrected chi connectivity index (χ1v) is 5.85. The van der Waals surface area contributed by atoms with Crippen LogP contribution in [0.1, 0.15) is 26.7 Å². The van der Waals surface area contributed by atoms with Crippen molar-refractivity contribution in [1.29, 1.82) is 0 Å². The Hall–Kier alpha value is -1.03. The van der Waals surface area contributed by atoms with Crippen molar-refractivity contribution in [2.45, 2.75) is 26.7 Å². The first-order valence-electron chi connectivity index (χ1n) is 5.48. The smallest absolute Gasteiger partial charge is 0.285 e. The number of rotatable bonds is 1. The third-order valence-corrected chi connectivity index (χ3v) is 3.38. The molecule has 2 heterocycles. The van der Waals surface area contributed by atoms with Crippen molar-refractivity contribution in [3.8, 4) is 0 Å². The van der Waals surface area contributed by atoms with Gasteiger partial charge in [-0.1, -0.05) is 25.4 Å². The number of aromatic amines is 1. The molecule has 1 N–H and O–H groups in total. The summed E-state index contributed by atoms with van der Waals surface area (Å²) in [6.45, 7) is 6.31. The summed E-state index contributed by atoms with van der Waals surface area (Å²) in [4.78, 5) is 13.5. The molecule has 0 amide bonds. The van der Waals surface area contributed by atoms with Crippen LogP contribution < -0.4 is 10.5 Å². The van der Waals surface area contributed by atoms with E-state index < -0.39 is 0 Å². The molecule has 0 radical (unpaired) electrons. The fourth-order valence-corrected chi connectivity index (χ4v) is 2.43. The van der Waals surface area contributed by atoms with E-state index in [2.05, 4.69) is 28.9 Å². The van der Waals surface area contributed by atoms with Crippen LogP contribution >= 0.6 is 11.6 Å². The zero-order valence-electron chi connectivity index (χ0n) is 9.59. The standard InChI is InChI=1S/C11H16ClN3O/c1-11(2)4-3-5-15(7-11)8-6-13-14-10(16)9(8)12/h6H,3-5,7H2,1-2H3,(H,14,16). The SMILES string of the molecule is CC1(C)CCCN(c2cn[nH]c(=O)c2Cl)C1. The van der Waals surface area contributed by atoms with Crippen molar-refractivity contribution in [2.75, 3.05) is 18.0 Å². The van der Waals surface area contributed by atoms with E-state index in [0.29, 0.717) is 0 Å². The average Bonchev–Trinajstić information content (AvgIpc) is 2.20. The lowest BCUT2D eigenvalue weighted by atomic mass is 9.84. The van der Waals surface area contributed by atoms with E-state index in [1.807, 2.05) is 0 Å². The molecule has 4 nitrogen and oxygen atoms in total. The van der Waals surface area contributed by atoms with Gasteiger partial charge in [0.15, 0.2) is 0 Å². The molecule has 1 saturated heterocycles. The molecule has 0 unspecified atom stereocenters. The lowest BCUT2D eigenvalue weighted by Gasteiger charge is -2.39. The molecule has 1 aliphatic rings. The molecule has 5 heteroatoms. The molecule has 1 aromatic heterocycles. The first-order chi connectivity index (χ1) is 7.49. The van der Waals surface area contributed by atoms with E-state index in [1.165, 1.54) is 6.42 Å². The number of aromatic nitrogens is 2. The average molecular weight is 242 g/mol. The molecule has 0 aromatic carbocycles. The maximum Gasteiger partial charge on any atom is 0.285 e. The van der Waals surface area contributed by atoms with Crippen LogP contribution in [0.25, 0.3) is 0 Å². The third kappa shape index (κ3) is 2.21. The zero-order valence-corrected chi connectivity index (χ0v) is 10.3. The summed E-state index contributed by atoms with van der Waals surface area (Å²) in [6, 6.07) is 0. The van der Waals surface area contributed by atoms with Gasteiger partial charge in [0.1, 0.15) is 5.02 Å². The summed E-state index contributed by atoms with van der Waals surface area (Å²) < 4.78 is 0. The van der Waals surface area contributed by atoms with E-state index in [-0.39, 0.29) is 16.0 Å². The van der Waals surface area contributed by atoms with Crippen molar-refractivity contribution in [2.24, 2.45) is 5.41 Å². The van der Waals surface area contributed by atoms with Gasteiger partial charge in [0.05, 0.1) is 11.9 Å². The highest BCUT2D eigenvalue weighted by Crippen LogP contribution is 2.32. The number of hydrogen-bond acceptors (Lipinski definition) is 3. The van der Waals surface area contributed by atoms with Gasteiger partial charge in [0.2, 0.25) is 0 Å². The lowest BCUT2D eigenvalue weighted by Crippen LogP contribution is -2.40. The van der Waals surface area contributed by atoms with Gasteiger partial charge in [-0.3, -0.25) is 4.79 Å². The van der Waals surface area contributed by atoms with Gasteiger partial charge in [0, 0.05) is 13.1 Å². The maximum absolute atomic E-state index is 11.4. The molecule has 0 spiro atoms. The monoisotopic (exact) mass is 241 g/mol. The van der Waals surface area contributed by atoms with E-state index >= 15 is 0 Å². The minimum absolute atomic E-state index is 0.243. The Labute approximate surface area is 99.6 Å². The summed E-state index contributed by atoms with van der Waals surface area (Å²) in [5.74, 6) is 0. The Morgan fingerprint density at radius 1 is 1.56 bits per heavy atom. The third-order valence-electron chi connectivity index (χ3n) is 3.02. The van der Waals surface area contributed by atoms with Crippen LogP contribution in [0.2, 0.25) is 5.02 Å². The number of nitrogens with one attached hydrogen (secondary N) is 1. The summed E-state index contributed by atoms with van der Waals surface area (Å²) in [5, 5.41) is 6.38. The van der Waals surface area contributed by atoms with E-state index in [0.717, 1.165) is 25.2 Å². The zero-order chi connectivity index (χ0) is 11.8. The van der Waals surface area contributed by atoms with Crippen LogP contribution in [0.15, 0.2) is 11.0 Å². The highest BCUT2D eigenvalue weighted by Gasteiger charge is 2.27. The molecule has 0 bridgehead atoms. The summed E-state index contributed by atoms with van der Waals surface area (Å²) in [7, 11) is 0. The summed E-state index contributed by atoms with van der Waals surface area (Å²) >= 11 is 5.99. The Bertz CT molecular complexity index is 441. The van der Waals surface area contributed by atoms with Crippen molar-refractivity contribution < 1.29 is 0 Å². The van der Waals surface area contributed by atoms with Gasteiger partial charge in [-0.2, -0.15) is 5.10 Å². The molecular weight excluding hydrogens is 226 g/mol. The summed E-state index contributed by atoms with van der Waals surface area (Å²) in [5.41, 5.74) is 0.699. The highest BCUT2D eigenvalue weighted by atomic mass is 35.5. The van der Waals surface area contributed by atoms with Crippen LogP contribution in [-0.4, -0.2) is 23.3 Å². The number of halogens is 1. The molecule has 16 heavy (non-hydrogen) atoms. The van der Waals surface area contributed by atoms with Crippen molar-refractivity contribution in [3.05, 3.63) is 21.6 Å². The normalized spacial score (nSPS) is 19.8. The van der Waals surface area contributed by atoms with Gasteiger partial charge >= 0.3 is 0 Å². The van der Waals surface area contributed by atoms with Gasteiger partial charge < -0.3 is 4.90 Å². The van der Waals surface area contributed by atoms with Crippen LogP contribution in [-0.2, 0) is 0 Å². The van der Waals surface area contributed by atoms with E-state index in [1.54, 1.807) is 6.20 Å². The second kappa shape index (κ2) is 4.09. The molecule has 1 fully saturated rings. The molecule has 0 atom stereocenters. The van der Waals surface area contributed by atoms with Crippen LogP contribution in [0, 0.1) is 5.41 Å². The maximum atomic E-state index is 11.4. The van der Waals surface area contributed by atoms with Crippen LogP contribution in [0.3, 0.4) is 0 Å². The van der Waals surface area contributed by atoms with Crippen LogP contribution in [0.5, 0.6) is 0 Å². The van der Waals surface area contributed by atoms with E-state index in [9.17, 15) is 4.79 Å². The fraction of sp³-hybridized carbons (Fsp3) is 0.636. The number of anilines is 1. The van der Waals surface area contributed by atoms with Gasteiger partial charge in [-0.25, -0.2) is 5.10 Å². The Morgan fingerprint density at radius 2 is 2.31 bits per heavy atom. The molecule has 2 rings (SSSR count). The highest BCUT2D eigenvalue weighted by molar-refractivity contribution is 6.32. The van der Waals surface area contributed by atoms with Gasteiger partial charge in [0.25, 0.3) is 5.56 Å². The Kier molecular flexibility index (Phi) is 2.93. The van der Waals surface area contributed by atoms with Gasteiger partial charge in [-0.15, -0.1) is 0 Å². The molecule has 88 valence electrons. The number of nitrogens with zero attached hydrogens (tertiary/aromatic N) is 2. The molecular formula is C11H16ClN3O. The molecule has 0 saturated carbocycles. The number of hydrogen-bond donors (Lipinski definition) is 1. The quantitative estimate of drug-likeness (QED) is 0.819. The molecule has 0 aliphatic carbocycles. The topological polar surface area (TPSA) is 49.0 Å². The lowest BCUT2D eigenvalue weighted by molar-refractivity contribution is 0.293. The predicted octanol–water partition coefficient (Wildman–Crippen LogP) is 2.05. The largest absolute Gasteiger partial charge is 0.368 e. The predicted molar refractivity (Wildman–Crippen MR) is 65.1 cm³/mol. The second-order valence-corrected chi connectivity index (χ2v) is 5.47. The fourth-order valence-electron chi connectivity index (χ4n) is 2.22. The van der Waals surface area contributed by atoms with Crippen molar-refractivity contribution in [3.63, 3.8) is 0 Å². The minimum atomic E-state index is -0.317. The first kappa shape index (κ1) is 11.5. The summed E-state index contributed by atoms with van der Waals surface area (Å²) in [6.07, 6.45) is 3.96. The van der Waals surface area contributed by atoms with Gasteiger partial charge in [-0.05, 0) is 18.3 Å². The number of H-pyrrole nitrogens is 1. The van der Waals surface area contributed by atoms with Crippen LogP contribution in [0.4, 0.5) is 5.69 Å². The molecule has 1 aliphatic heterocycles. The Balaban J connectivity index is 2.31. The van der Waals surface area contributed by atoms with E-state index in [4.69, 9.17) is 11.6 Å². The minimum Gasteiger partial charge on any atom is -0.368 e. The Morgan fingerprint density at radius 3 is 3.00 bits per heavy atom. The second-order valence-electron chi connectivity index (χ2n) is 5.09. The van der Waals surface area contributed by atoms with Crippen molar-refractivity contribution in [1.82, 2.24) is 10.2 Å². The van der Waals surface area contributed by atoms with Crippen molar-refractivity contribution >= 4 is 17.3 Å². The molecule has 1 aromatic rings.